The van der Waals surface area contributed by atoms with Gasteiger partial charge in [0, 0.05) is 23.0 Å². The number of thiazole rings is 1. The van der Waals surface area contributed by atoms with Gasteiger partial charge in [0.1, 0.15) is 11.5 Å². The molecule has 4 rings (SSSR count). The maximum absolute atomic E-state index is 5.91. The van der Waals surface area contributed by atoms with Gasteiger partial charge in [0.15, 0.2) is 0 Å². The van der Waals surface area contributed by atoms with E-state index in [4.69, 9.17) is 16.3 Å². The quantitative estimate of drug-likeness (QED) is 0.257. The molecule has 6 heteroatoms. The number of anilines is 1. The van der Waals surface area contributed by atoms with Gasteiger partial charge in [0.05, 0.1) is 11.9 Å². The predicted octanol–water partition coefficient (Wildman–Crippen LogP) is 6.73. The van der Waals surface area contributed by atoms with Crippen molar-refractivity contribution < 1.29 is 4.74 Å². The van der Waals surface area contributed by atoms with Crippen molar-refractivity contribution in [2.24, 2.45) is 5.10 Å². The molecule has 0 atom stereocenters. The van der Waals surface area contributed by atoms with Crippen LogP contribution in [0.5, 0.6) is 11.5 Å². The molecule has 29 heavy (non-hydrogen) atoms. The van der Waals surface area contributed by atoms with Gasteiger partial charge in [-0.2, -0.15) is 5.10 Å². The molecule has 4 nitrogen and oxygen atoms in total. The molecular formula is C23H18ClN3OS. The monoisotopic (exact) mass is 419 g/mol. The minimum Gasteiger partial charge on any atom is -0.457 e. The summed E-state index contributed by atoms with van der Waals surface area (Å²) in [5.74, 6) is 1.61. The van der Waals surface area contributed by atoms with E-state index in [2.05, 4.69) is 10.1 Å². The molecule has 1 aromatic heterocycles. The summed E-state index contributed by atoms with van der Waals surface area (Å²) in [5, 5.41) is 9.76. The summed E-state index contributed by atoms with van der Waals surface area (Å²) in [7, 11) is 1.88. The van der Waals surface area contributed by atoms with Crippen molar-refractivity contribution in [3.8, 4) is 22.8 Å². The van der Waals surface area contributed by atoms with E-state index in [0.717, 1.165) is 33.5 Å². The molecule has 0 saturated carbocycles. The zero-order chi connectivity index (χ0) is 20.1. The second kappa shape index (κ2) is 8.90. The number of hydrogen-bond acceptors (Lipinski definition) is 5. The number of hydrogen-bond donors (Lipinski definition) is 0. The fraction of sp³-hybridized carbons (Fsp3) is 0.0435. The van der Waals surface area contributed by atoms with Crippen LogP contribution in [0.2, 0.25) is 5.02 Å². The van der Waals surface area contributed by atoms with Gasteiger partial charge in [-0.05, 0) is 54.1 Å². The molecule has 0 N–H and O–H groups in total. The summed E-state index contributed by atoms with van der Waals surface area (Å²) in [6, 6.07) is 25.2. The van der Waals surface area contributed by atoms with Crippen molar-refractivity contribution in [3.05, 3.63) is 94.8 Å². The molecule has 0 radical (unpaired) electrons. The third-order valence-electron chi connectivity index (χ3n) is 4.15. The molecule has 144 valence electrons. The first-order valence-corrected chi connectivity index (χ1v) is 10.3. The highest BCUT2D eigenvalue weighted by Gasteiger charge is 2.08. The van der Waals surface area contributed by atoms with Crippen LogP contribution in [0.4, 0.5) is 5.13 Å². The van der Waals surface area contributed by atoms with Gasteiger partial charge in [-0.1, -0.05) is 41.9 Å². The Balaban J connectivity index is 1.43. The highest BCUT2D eigenvalue weighted by atomic mass is 35.5. The summed E-state index contributed by atoms with van der Waals surface area (Å²) < 4.78 is 5.84. The van der Waals surface area contributed by atoms with Crippen molar-refractivity contribution in [3.63, 3.8) is 0 Å². The van der Waals surface area contributed by atoms with E-state index < -0.39 is 0 Å². The summed E-state index contributed by atoms with van der Waals surface area (Å²) in [6.45, 7) is 0. The third kappa shape index (κ3) is 5.02. The Kier molecular flexibility index (Phi) is 5.89. The molecule has 0 aliphatic rings. The Labute approximate surface area is 178 Å². The normalized spacial score (nSPS) is 11.0. The lowest BCUT2D eigenvalue weighted by Crippen LogP contribution is -2.08. The van der Waals surface area contributed by atoms with Crippen LogP contribution in [0, 0.1) is 0 Å². The lowest BCUT2D eigenvalue weighted by atomic mass is 10.2. The summed E-state index contributed by atoms with van der Waals surface area (Å²) in [6.07, 6.45) is 1.78. The number of ether oxygens (including phenoxy) is 1. The average Bonchev–Trinajstić information content (AvgIpc) is 3.25. The van der Waals surface area contributed by atoms with Crippen molar-refractivity contribution in [1.82, 2.24) is 4.98 Å². The first kappa shape index (κ1) is 19.2. The van der Waals surface area contributed by atoms with Crippen LogP contribution in [0.25, 0.3) is 11.3 Å². The summed E-state index contributed by atoms with van der Waals surface area (Å²) in [4.78, 5) is 4.69. The smallest absolute Gasteiger partial charge is 0.206 e. The lowest BCUT2D eigenvalue weighted by Gasteiger charge is -2.08. The van der Waals surface area contributed by atoms with Crippen molar-refractivity contribution >= 4 is 34.3 Å². The Hall–Kier alpha value is -3.15. The van der Waals surface area contributed by atoms with Gasteiger partial charge in [-0.3, -0.25) is 0 Å². The van der Waals surface area contributed by atoms with Crippen LogP contribution >= 0.6 is 22.9 Å². The molecule has 0 bridgehead atoms. The average molecular weight is 420 g/mol. The Morgan fingerprint density at radius 2 is 1.62 bits per heavy atom. The van der Waals surface area contributed by atoms with Gasteiger partial charge in [-0.25, -0.2) is 9.99 Å². The number of rotatable bonds is 6. The fourth-order valence-corrected chi connectivity index (χ4v) is 3.50. The largest absolute Gasteiger partial charge is 0.457 e. The number of halogens is 1. The topological polar surface area (TPSA) is 37.7 Å². The van der Waals surface area contributed by atoms with Crippen molar-refractivity contribution in [1.29, 1.82) is 0 Å². The highest BCUT2D eigenvalue weighted by Crippen LogP contribution is 2.29. The molecular weight excluding hydrogens is 402 g/mol. The molecule has 1 heterocycles. The molecule has 0 saturated heterocycles. The number of para-hydroxylation sites is 1. The van der Waals surface area contributed by atoms with Crippen LogP contribution in [0.1, 0.15) is 5.56 Å². The maximum atomic E-state index is 5.91. The van der Waals surface area contributed by atoms with Crippen molar-refractivity contribution in [2.45, 2.75) is 0 Å². The maximum Gasteiger partial charge on any atom is 0.206 e. The zero-order valence-corrected chi connectivity index (χ0v) is 17.3. The molecule has 0 fully saturated rings. The predicted molar refractivity (Wildman–Crippen MR) is 122 cm³/mol. The minimum absolute atomic E-state index is 0.709. The lowest BCUT2D eigenvalue weighted by molar-refractivity contribution is 0.483. The van der Waals surface area contributed by atoms with E-state index in [0.29, 0.717) is 5.02 Å². The van der Waals surface area contributed by atoms with Gasteiger partial charge in [-0.15, -0.1) is 11.3 Å². The highest BCUT2D eigenvalue weighted by molar-refractivity contribution is 7.14. The minimum atomic E-state index is 0.709. The number of hydrazone groups is 1. The molecule has 0 unspecified atom stereocenters. The zero-order valence-electron chi connectivity index (χ0n) is 15.7. The Bertz CT molecular complexity index is 1090. The fourth-order valence-electron chi connectivity index (χ4n) is 2.62. The number of aromatic nitrogens is 1. The van der Waals surface area contributed by atoms with Gasteiger partial charge in [0.25, 0.3) is 0 Å². The van der Waals surface area contributed by atoms with E-state index >= 15 is 0 Å². The first-order valence-electron chi connectivity index (χ1n) is 8.99. The number of nitrogens with zero attached hydrogens (tertiary/aromatic N) is 3. The first-order chi connectivity index (χ1) is 14.2. The molecule has 0 spiro atoms. The van der Waals surface area contributed by atoms with E-state index in [9.17, 15) is 0 Å². The van der Waals surface area contributed by atoms with E-state index in [1.54, 1.807) is 22.6 Å². The van der Waals surface area contributed by atoms with Crippen LogP contribution in [-0.2, 0) is 0 Å². The molecule has 0 aliphatic heterocycles. The van der Waals surface area contributed by atoms with Gasteiger partial charge in [0.2, 0.25) is 5.13 Å². The molecule has 3 aromatic carbocycles. The second-order valence-corrected chi connectivity index (χ2v) is 7.55. The van der Waals surface area contributed by atoms with Crippen molar-refractivity contribution in [2.75, 3.05) is 12.1 Å². The Morgan fingerprint density at radius 1 is 0.931 bits per heavy atom. The summed E-state index contributed by atoms with van der Waals surface area (Å²) >= 11 is 7.46. The van der Waals surface area contributed by atoms with Crippen LogP contribution in [0.15, 0.2) is 89.3 Å². The van der Waals surface area contributed by atoms with Gasteiger partial charge < -0.3 is 4.74 Å². The third-order valence-corrected chi connectivity index (χ3v) is 5.31. The number of benzene rings is 3. The summed E-state index contributed by atoms with van der Waals surface area (Å²) in [5.41, 5.74) is 2.92. The van der Waals surface area contributed by atoms with E-state index in [-0.39, 0.29) is 0 Å². The van der Waals surface area contributed by atoms with Crippen LogP contribution in [-0.4, -0.2) is 18.2 Å². The van der Waals surface area contributed by atoms with E-state index in [1.165, 1.54) is 0 Å². The Morgan fingerprint density at radius 3 is 2.34 bits per heavy atom. The second-order valence-electron chi connectivity index (χ2n) is 6.27. The van der Waals surface area contributed by atoms with E-state index in [1.807, 2.05) is 91.3 Å². The van der Waals surface area contributed by atoms with Gasteiger partial charge >= 0.3 is 0 Å². The SMILES string of the molecule is CN(/N=C\c1ccc(Cl)cc1)c1nc(-c2ccc(Oc3ccccc3)cc2)cs1. The standard InChI is InChI=1S/C23H18ClN3OS/c1-27(25-15-17-7-11-19(24)12-8-17)23-26-22(16-29-23)18-9-13-21(14-10-18)28-20-5-3-2-4-6-20/h2-16H,1H3/b25-15-. The van der Waals surface area contributed by atoms with Crippen LogP contribution in [0.3, 0.4) is 0 Å². The molecule has 0 aliphatic carbocycles. The molecule has 4 aromatic rings. The van der Waals surface area contributed by atoms with Crippen LogP contribution < -0.4 is 9.75 Å². The molecule has 0 amide bonds.